The number of carboxylic acids is 1. The Morgan fingerprint density at radius 3 is 1.90 bits per heavy atom. The van der Waals surface area contributed by atoms with Crippen LogP contribution >= 0.6 is 0 Å². The highest BCUT2D eigenvalue weighted by Crippen LogP contribution is 2.41. The molecule has 2 amide bonds. The fourth-order valence-corrected chi connectivity index (χ4v) is 5.48. The highest BCUT2D eigenvalue weighted by Gasteiger charge is 2.40. The van der Waals surface area contributed by atoms with Crippen LogP contribution in [0.2, 0.25) is 0 Å². The average Bonchev–Trinajstić information content (AvgIpc) is 3.14. The summed E-state index contributed by atoms with van der Waals surface area (Å²) in [5, 5.41) is 19.5. The summed E-state index contributed by atoms with van der Waals surface area (Å²) < 4.78 is 18.3. The van der Waals surface area contributed by atoms with E-state index in [1.54, 1.807) is 56.5 Å². The largest absolute Gasteiger partial charge is 0.497 e. The lowest BCUT2D eigenvalue weighted by Gasteiger charge is -2.36. The molecule has 0 bridgehead atoms. The second kappa shape index (κ2) is 15.8. The van der Waals surface area contributed by atoms with Gasteiger partial charge in [-0.15, -0.1) is 0 Å². The molecule has 0 aliphatic heterocycles. The van der Waals surface area contributed by atoms with E-state index in [1.165, 1.54) is 6.20 Å². The van der Waals surface area contributed by atoms with Gasteiger partial charge in [-0.2, -0.15) is 4.98 Å². The third-order valence-electron chi connectivity index (χ3n) is 7.98. The van der Waals surface area contributed by atoms with Gasteiger partial charge in [-0.3, -0.25) is 9.36 Å². The molecule has 0 radical (unpaired) electrons. The van der Waals surface area contributed by atoms with Gasteiger partial charge in [0.2, 0.25) is 5.88 Å². The van der Waals surface area contributed by atoms with Crippen LogP contribution in [0.15, 0.2) is 126 Å². The zero-order valence-electron chi connectivity index (χ0n) is 27.3. The number of rotatable bonds is 13. The van der Waals surface area contributed by atoms with Gasteiger partial charge in [0, 0.05) is 28.5 Å². The van der Waals surface area contributed by atoms with Crippen LogP contribution in [-0.2, 0) is 33.1 Å². The average molecular weight is 678 g/mol. The molecular weight excluding hydrogens is 642 g/mol. The molecule has 256 valence electrons. The highest BCUT2D eigenvalue weighted by atomic mass is 16.6. The number of ether oxygens (including phenoxy) is 3. The molecule has 0 unspecified atom stereocenters. The number of amides is 2. The predicted molar refractivity (Wildman–Crippen MR) is 182 cm³/mol. The SMILES string of the molecule is COc1ccc(C(Oc2nc(=O)n(CC(=O)N(C(=O)OCc3ccccc3)[C@@H](CO)C(=O)O)cc2C)(c2ccccc2)c2ccccc2)cc1. The van der Waals surface area contributed by atoms with Gasteiger partial charge in [-0.05, 0) is 24.6 Å². The molecule has 0 fully saturated rings. The van der Waals surface area contributed by atoms with Crippen molar-refractivity contribution in [3.05, 3.63) is 160 Å². The van der Waals surface area contributed by atoms with Gasteiger partial charge < -0.3 is 24.4 Å². The van der Waals surface area contributed by atoms with Crippen LogP contribution in [0, 0.1) is 6.92 Å². The fourth-order valence-electron chi connectivity index (χ4n) is 5.48. The number of carbonyl (C=O) groups is 3. The van der Waals surface area contributed by atoms with Crippen LogP contribution in [0.5, 0.6) is 11.6 Å². The van der Waals surface area contributed by atoms with E-state index in [0.717, 1.165) is 15.7 Å². The molecule has 50 heavy (non-hydrogen) atoms. The summed E-state index contributed by atoms with van der Waals surface area (Å²) in [6.45, 7) is -0.477. The number of aliphatic hydroxyl groups excluding tert-OH is 1. The normalized spacial score (nSPS) is 11.7. The minimum atomic E-state index is -1.96. The number of carboxylic acid groups (broad SMARTS) is 1. The van der Waals surface area contributed by atoms with Gasteiger partial charge >= 0.3 is 17.8 Å². The van der Waals surface area contributed by atoms with E-state index < -0.39 is 48.5 Å². The molecule has 4 aromatic carbocycles. The molecule has 0 aliphatic rings. The molecule has 1 heterocycles. The molecule has 0 spiro atoms. The van der Waals surface area contributed by atoms with Crippen molar-refractivity contribution in [3.63, 3.8) is 0 Å². The van der Waals surface area contributed by atoms with Crippen molar-refractivity contribution < 1.29 is 38.8 Å². The Bertz CT molecular complexity index is 1940. The maximum atomic E-state index is 13.5. The molecule has 12 nitrogen and oxygen atoms in total. The number of aliphatic carboxylic acids is 1. The van der Waals surface area contributed by atoms with E-state index in [9.17, 15) is 29.4 Å². The van der Waals surface area contributed by atoms with E-state index in [0.29, 0.717) is 22.4 Å². The van der Waals surface area contributed by atoms with Crippen LogP contribution in [-0.4, -0.2) is 62.4 Å². The smallest absolute Gasteiger partial charge is 0.417 e. The standard InChI is InChI=1S/C38H35N3O9/c1-26-22-40(23-33(43)41(32(24-42)35(44)45)37(47)49-25-27-12-6-3-7-13-27)36(46)39-34(26)50-38(28-14-8-4-9-15-28,29-16-10-5-11-17-29)30-18-20-31(48-2)21-19-30/h3-22,32,42H,23-25H2,1-2H3,(H,44,45)/t32-/m0/s1. The van der Waals surface area contributed by atoms with Crippen LogP contribution in [0.3, 0.4) is 0 Å². The lowest BCUT2D eigenvalue weighted by Crippen LogP contribution is -2.52. The van der Waals surface area contributed by atoms with Crippen LogP contribution < -0.4 is 15.2 Å². The third-order valence-corrected chi connectivity index (χ3v) is 7.98. The Kier molecular flexibility index (Phi) is 11.0. The minimum Gasteiger partial charge on any atom is -0.497 e. The summed E-state index contributed by atoms with van der Waals surface area (Å²) in [6.07, 6.45) is 0.0347. The van der Waals surface area contributed by atoms with E-state index >= 15 is 0 Å². The van der Waals surface area contributed by atoms with E-state index in [-0.39, 0.29) is 17.4 Å². The number of aromatic nitrogens is 2. The number of aliphatic hydroxyl groups is 1. The molecule has 12 heteroatoms. The Morgan fingerprint density at radius 2 is 1.38 bits per heavy atom. The molecule has 5 aromatic rings. The first-order valence-electron chi connectivity index (χ1n) is 15.6. The summed E-state index contributed by atoms with van der Waals surface area (Å²) in [5.74, 6) is -2.14. The molecule has 2 N–H and O–H groups in total. The van der Waals surface area contributed by atoms with Crippen molar-refractivity contribution in [1.82, 2.24) is 14.5 Å². The van der Waals surface area contributed by atoms with Gasteiger partial charge in [-0.1, -0.05) is 103 Å². The molecule has 1 aromatic heterocycles. The first-order valence-corrected chi connectivity index (χ1v) is 15.6. The summed E-state index contributed by atoms with van der Waals surface area (Å²) in [5.41, 5.74) is 0.943. The number of nitrogens with zero attached hydrogens (tertiary/aromatic N) is 3. The number of imide groups is 1. The van der Waals surface area contributed by atoms with Crippen molar-refractivity contribution in [3.8, 4) is 11.6 Å². The van der Waals surface area contributed by atoms with E-state index in [2.05, 4.69) is 4.98 Å². The van der Waals surface area contributed by atoms with Crippen molar-refractivity contribution >= 4 is 18.0 Å². The summed E-state index contributed by atoms with van der Waals surface area (Å²) >= 11 is 0. The van der Waals surface area contributed by atoms with E-state index in [4.69, 9.17) is 14.2 Å². The third kappa shape index (κ3) is 7.55. The lowest BCUT2D eigenvalue weighted by molar-refractivity contribution is -0.150. The zero-order chi connectivity index (χ0) is 35.7. The number of hydrogen-bond acceptors (Lipinski definition) is 9. The second-order valence-corrected chi connectivity index (χ2v) is 11.2. The van der Waals surface area contributed by atoms with Crippen molar-refractivity contribution in [2.75, 3.05) is 13.7 Å². The van der Waals surface area contributed by atoms with Gasteiger partial charge in [0.15, 0.2) is 11.6 Å². The fraction of sp³-hybridized carbons (Fsp3) is 0.184. The highest BCUT2D eigenvalue weighted by molar-refractivity contribution is 5.96. The molecule has 0 saturated carbocycles. The van der Waals surface area contributed by atoms with Crippen molar-refractivity contribution in [2.24, 2.45) is 0 Å². The van der Waals surface area contributed by atoms with Crippen LogP contribution in [0.25, 0.3) is 0 Å². The number of aryl methyl sites for hydroxylation is 1. The predicted octanol–water partition coefficient (Wildman–Crippen LogP) is 4.54. The summed E-state index contributed by atoms with van der Waals surface area (Å²) in [4.78, 5) is 56.4. The van der Waals surface area contributed by atoms with Gasteiger partial charge in [0.1, 0.15) is 18.9 Å². The summed E-state index contributed by atoms with van der Waals surface area (Å²) in [7, 11) is 1.57. The first kappa shape index (κ1) is 35.0. The van der Waals surface area contributed by atoms with Crippen molar-refractivity contribution in [2.45, 2.75) is 31.7 Å². The molecule has 0 aliphatic carbocycles. The molecule has 5 rings (SSSR count). The van der Waals surface area contributed by atoms with Crippen molar-refractivity contribution in [1.29, 1.82) is 0 Å². The monoisotopic (exact) mass is 677 g/mol. The van der Waals surface area contributed by atoms with Crippen LogP contribution in [0.1, 0.15) is 27.8 Å². The maximum Gasteiger partial charge on any atom is 0.417 e. The minimum absolute atomic E-state index is 0.0277. The maximum absolute atomic E-state index is 13.5. The molecular formula is C38H35N3O9. The Morgan fingerprint density at radius 1 is 0.840 bits per heavy atom. The van der Waals surface area contributed by atoms with E-state index in [1.807, 2.05) is 72.8 Å². The Hall–Kier alpha value is -6.27. The van der Waals surface area contributed by atoms with Crippen LogP contribution in [0.4, 0.5) is 4.79 Å². The number of hydrogen-bond donors (Lipinski definition) is 2. The van der Waals surface area contributed by atoms with Gasteiger partial charge in [0.05, 0.1) is 13.7 Å². The van der Waals surface area contributed by atoms with Gasteiger partial charge in [0.25, 0.3) is 5.91 Å². The number of carbonyl (C=O) groups excluding carboxylic acids is 2. The zero-order valence-corrected chi connectivity index (χ0v) is 27.3. The topological polar surface area (TPSA) is 157 Å². The van der Waals surface area contributed by atoms with Gasteiger partial charge in [-0.25, -0.2) is 19.3 Å². The summed E-state index contributed by atoms with van der Waals surface area (Å²) in [6, 6.07) is 32.8. The second-order valence-electron chi connectivity index (χ2n) is 11.2. The lowest BCUT2D eigenvalue weighted by atomic mass is 9.80. The Balaban J connectivity index is 1.51. The molecule has 1 atom stereocenters. The first-order chi connectivity index (χ1) is 24.2. The number of methoxy groups -OCH3 is 1. The number of benzene rings is 4. The molecule has 0 saturated heterocycles. The Labute approximate surface area is 287 Å². The quantitative estimate of drug-likeness (QED) is 0.170.